The fraction of sp³-hybridized carbons (Fsp3) is 0.0556. The summed E-state index contributed by atoms with van der Waals surface area (Å²) in [5, 5.41) is 12.5. The van der Waals surface area contributed by atoms with E-state index in [2.05, 4.69) is 5.32 Å². The van der Waals surface area contributed by atoms with E-state index in [1.807, 2.05) is 6.07 Å². The Kier molecular flexibility index (Phi) is 4.07. The highest BCUT2D eigenvalue weighted by Crippen LogP contribution is 2.21. The van der Waals surface area contributed by atoms with Crippen LogP contribution < -0.4 is 10.7 Å². The highest BCUT2D eigenvalue weighted by Gasteiger charge is 2.16. The zero-order valence-corrected chi connectivity index (χ0v) is 13.5. The van der Waals surface area contributed by atoms with Crippen LogP contribution in [0.3, 0.4) is 0 Å². The Balaban J connectivity index is 2.10. The number of carbonyl (C=O) groups excluding carboxylic acids is 1. The van der Waals surface area contributed by atoms with E-state index in [-0.39, 0.29) is 5.56 Å². The van der Waals surface area contributed by atoms with Gasteiger partial charge in [0.25, 0.3) is 5.91 Å². The molecular weight excluding hydrogens is 326 g/mol. The standard InChI is InChI=1S/C18H12ClN3O2/c1-22-10-13(17(23)12-6-4-7-14(19)16(12)22)18(24)21-15-8-3-2-5-11(15)9-20/h2-8,10H,1H3,(H,21,24). The molecule has 1 heterocycles. The SMILES string of the molecule is Cn1cc(C(=O)Nc2ccccc2C#N)c(=O)c2cccc(Cl)c21. The van der Waals surface area contributed by atoms with Crippen LogP contribution in [0.1, 0.15) is 15.9 Å². The van der Waals surface area contributed by atoms with Crippen LogP contribution in [0, 0.1) is 11.3 Å². The Hall–Kier alpha value is -3.10. The van der Waals surface area contributed by atoms with Gasteiger partial charge in [0.05, 0.1) is 21.8 Å². The van der Waals surface area contributed by atoms with Crippen molar-refractivity contribution in [1.29, 1.82) is 5.26 Å². The number of nitrogens with one attached hydrogen (secondary N) is 1. The Morgan fingerprint density at radius 2 is 1.96 bits per heavy atom. The number of para-hydroxylation sites is 2. The summed E-state index contributed by atoms with van der Waals surface area (Å²) in [6.07, 6.45) is 1.45. The molecular formula is C18H12ClN3O2. The molecule has 6 heteroatoms. The van der Waals surface area contributed by atoms with E-state index in [9.17, 15) is 9.59 Å². The first-order valence-electron chi connectivity index (χ1n) is 7.11. The van der Waals surface area contributed by atoms with Crippen molar-refractivity contribution in [2.24, 2.45) is 7.05 Å². The molecule has 0 bridgehead atoms. The number of fused-ring (bicyclic) bond motifs is 1. The first kappa shape index (κ1) is 15.8. The van der Waals surface area contributed by atoms with Crippen molar-refractivity contribution in [3.63, 3.8) is 0 Å². The zero-order chi connectivity index (χ0) is 17.3. The van der Waals surface area contributed by atoms with Gasteiger partial charge in [0, 0.05) is 18.6 Å². The van der Waals surface area contributed by atoms with Gasteiger partial charge in [0.15, 0.2) is 0 Å². The van der Waals surface area contributed by atoms with Gasteiger partial charge in [0.2, 0.25) is 5.43 Å². The third-order valence-electron chi connectivity index (χ3n) is 3.69. The predicted octanol–water partition coefficient (Wildman–Crippen LogP) is 3.32. The number of anilines is 1. The molecule has 1 amide bonds. The maximum absolute atomic E-state index is 12.6. The van der Waals surface area contributed by atoms with Crippen molar-refractivity contribution < 1.29 is 4.79 Å². The lowest BCUT2D eigenvalue weighted by molar-refractivity contribution is 0.102. The lowest BCUT2D eigenvalue weighted by atomic mass is 10.1. The Morgan fingerprint density at radius 1 is 1.21 bits per heavy atom. The number of amides is 1. The summed E-state index contributed by atoms with van der Waals surface area (Å²) in [7, 11) is 1.72. The molecule has 0 unspecified atom stereocenters. The van der Waals surface area contributed by atoms with Crippen LogP contribution in [0.4, 0.5) is 5.69 Å². The van der Waals surface area contributed by atoms with Crippen molar-refractivity contribution in [3.05, 3.63) is 75.0 Å². The summed E-state index contributed by atoms with van der Waals surface area (Å²) in [6, 6.07) is 13.6. The number of nitriles is 1. The summed E-state index contributed by atoms with van der Waals surface area (Å²) in [5.74, 6) is -0.569. The van der Waals surface area contributed by atoms with Gasteiger partial charge in [-0.3, -0.25) is 9.59 Å². The number of benzene rings is 2. The predicted molar refractivity (Wildman–Crippen MR) is 93.3 cm³/mol. The van der Waals surface area contributed by atoms with Gasteiger partial charge in [-0.25, -0.2) is 0 Å². The number of hydrogen-bond acceptors (Lipinski definition) is 3. The molecule has 0 aliphatic carbocycles. The van der Waals surface area contributed by atoms with Crippen LogP contribution in [0.25, 0.3) is 10.9 Å². The molecule has 24 heavy (non-hydrogen) atoms. The number of aryl methyl sites for hydroxylation is 1. The summed E-state index contributed by atoms with van der Waals surface area (Å²) in [5.41, 5.74) is 0.834. The Bertz CT molecular complexity index is 1060. The van der Waals surface area contributed by atoms with Gasteiger partial charge in [-0.15, -0.1) is 0 Å². The van der Waals surface area contributed by atoms with Crippen LogP contribution in [-0.4, -0.2) is 10.5 Å². The fourth-order valence-corrected chi connectivity index (χ4v) is 2.87. The molecule has 3 rings (SSSR count). The number of aromatic nitrogens is 1. The van der Waals surface area contributed by atoms with Gasteiger partial charge >= 0.3 is 0 Å². The molecule has 0 saturated carbocycles. The van der Waals surface area contributed by atoms with Crippen LogP contribution >= 0.6 is 11.6 Å². The third kappa shape index (κ3) is 2.64. The molecule has 0 aliphatic rings. The second-order valence-corrected chi connectivity index (χ2v) is 5.64. The van der Waals surface area contributed by atoms with Gasteiger partial charge < -0.3 is 9.88 Å². The van der Waals surface area contributed by atoms with E-state index in [4.69, 9.17) is 16.9 Å². The molecule has 0 atom stereocenters. The average Bonchev–Trinajstić information content (AvgIpc) is 2.58. The summed E-state index contributed by atoms with van der Waals surface area (Å²) in [4.78, 5) is 25.1. The lowest BCUT2D eigenvalue weighted by Crippen LogP contribution is -2.23. The van der Waals surface area contributed by atoms with Crippen LogP contribution in [0.2, 0.25) is 5.02 Å². The Morgan fingerprint density at radius 3 is 2.71 bits per heavy atom. The van der Waals surface area contributed by atoms with E-state index in [0.717, 1.165) is 0 Å². The molecule has 1 aromatic heterocycles. The highest BCUT2D eigenvalue weighted by atomic mass is 35.5. The molecule has 0 aliphatic heterocycles. The third-order valence-corrected chi connectivity index (χ3v) is 4.00. The topological polar surface area (TPSA) is 74.9 Å². The van der Waals surface area contributed by atoms with Gasteiger partial charge in [-0.05, 0) is 24.3 Å². The first-order chi connectivity index (χ1) is 11.5. The second-order valence-electron chi connectivity index (χ2n) is 5.23. The Labute approximate surface area is 142 Å². The molecule has 0 radical (unpaired) electrons. The molecule has 0 fully saturated rings. The number of nitrogens with zero attached hydrogens (tertiary/aromatic N) is 2. The summed E-state index contributed by atoms with van der Waals surface area (Å²) in [6.45, 7) is 0. The number of hydrogen-bond donors (Lipinski definition) is 1. The maximum Gasteiger partial charge on any atom is 0.261 e. The van der Waals surface area contributed by atoms with Crippen LogP contribution in [0.15, 0.2) is 53.5 Å². The lowest BCUT2D eigenvalue weighted by Gasteiger charge is -2.11. The molecule has 1 N–H and O–H groups in total. The molecule has 118 valence electrons. The second kappa shape index (κ2) is 6.19. The van der Waals surface area contributed by atoms with Crippen molar-refractivity contribution >= 4 is 34.1 Å². The van der Waals surface area contributed by atoms with E-state index < -0.39 is 11.3 Å². The minimum absolute atomic E-state index is 0.0139. The number of carbonyl (C=O) groups is 1. The monoisotopic (exact) mass is 337 g/mol. The van der Waals surface area contributed by atoms with E-state index in [1.54, 1.807) is 54.1 Å². The smallest absolute Gasteiger partial charge is 0.261 e. The van der Waals surface area contributed by atoms with E-state index in [0.29, 0.717) is 27.2 Å². The number of halogens is 1. The normalized spacial score (nSPS) is 10.4. The van der Waals surface area contributed by atoms with Crippen molar-refractivity contribution in [3.8, 4) is 6.07 Å². The van der Waals surface area contributed by atoms with Gasteiger partial charge in [0.1, 0.15) is 11.6 Å². The van der Waals surface area contributed by atoms with Crippen molar-refractivity contribution in [1.82, 2.24) is 4.57 Å². The maximum atomic E-state index is 12.6. The quantitative estimate of drug-likeness (QED) is 0.779. The van der Waals surface area contributed by atoms with E-state index >= 15 is 0 Å². The molecule has 0 saturated heterocycles. The number of pyridine rings is 1. The molecule has 0 spiro atoms. The minimum atomic E-state index is -0.569. The summed E-state index contributed by atoms with van der Waals surface area (Å²) < 4.78 is 1.64. The first-order valence-corrected chi connectivity index (χ1v) is 7.49. The largest absolute Gasteiger partial charge is 0.348 e. The zero-order valence-electron chi connectivity index (χ0n) is 12.7. The minimum Gasteiger partial charge on any atom is -0.348 e. The van der Waals surface area contributed by atoms with E-state index in [1.165, 1.54) is 6.20 Å². The summed E-state index contributed by atoms with van der Waals surface area (Å²) >= 11 is 6.14. The highest BCUT2D eigenvalue weighted by molar-refractivity contribution is 6.35. The fourth-order valence-electron chi connectivity index (χ4n) is 2.56. The molecule has 5 nitrogen and oxygen atoms in total. The molecule has 3 aromatic rings. The average molecular weight is 338 g/mol. The molecule has 2 aromatic carbocycles. The van der Waals surface area contributed by atoms with Gasteiger partial charge in [-0.1, -0.05) is 29.8 Å². The van der Waals surface area contributed by atoms with Crippen molar-refractivity contribution in [2.45, 2.75) is 0 Å². The van der Waals surface area contributed by atoms with Crippen LogP contribution in [0.5, 0.6) is 0 Å². The van der Waals surface area contributed by atoms with Crippen LogP contribution in [-0.2, 0) is 7.05 Å². The van der Waals surface area contributed by atoms with Crippen molar-refractivity contribution in [2.75, 3.05) is 5.32 Å². The number of rotatable bonds is 2. The van der Waals surface area contributed by atoms with Gasteiger partial charge in [-0.2, -0.15) is 5.26 Å².